The average Bonchev–Trinajstić information content (AvgIpc) is 2.87. The lowest BCUT2D eigenvalue weighted by Crippen LogP contribution is -2.58. The Hall–Kier alpha value is -2.61. The number of carboxylic acid groups (broad SMARTS) is 1. The van der Waals surface area contributed by atoms with Gasteiger partial charge in [0.2, 0.25) is 5.54 Å². The van der Waals surface area contributed by atoms with Crippen molar-refractivity contribution in [2.24, 2.45) is 5.41 Å². The lowest BCUT2D eigenvalue weighted by molar-refractivity contribution is -0.145. The van der Waals surface area contributed by atoms with E-state index in [-0.39, 0.29) is 16.3 Å². The first kappa shape index (κ1) is 18.2. The Balaban J connectivity index is 2.33. The number of hydrogen-bond donors (Lipinski definition) is 2. The quantitative estimate of drug-likeness (QED) is 0.599. The Labute approximate surface area is 154 Å². The Morgan fingerprint density at radius 3 is 2.35 bits per heavy atom. The molecule has 0 radical (unpaired) electrons. The highest BCUT2D eigenvalue weighted by atomic mass is 35.5. The number of fused-ring (bicyclic) bond motifs is 2. The number of likely N-dealkylation sites (N-methyl/N-ethyl adjacent to an activating group) is 1. The van der Waals surface area contributed by atoms with Gasteiger partial charge in [0.15, 0.2) is 0 Å². The van der Waals surface area contributed by atoms with Gasteiger partial charge in [0.1, 0.15) is 6.04 Å². The van der Waals surface area contributed by atoms with Gasteiger partial charge in [0.05, 0.1) is 5.69 Å². The van der Waals surface area contributed by atoms with Crippen LogP contribution in [0.4, 0.5) is 10.5 Å². The van der Waals surface area contributed by atoms with Crippen LogP contribution >= 0.6 is 11.6 Å². The Bertz CT molecular complexity index is 862. The molecule has 2 unspecified atom stereocenters. The van der Waals surface area contributed by atoms with Crippen LogP contribution in [-0.2, 0) is 19.9 Å². The summed E-state index contributed by atoms with van der Waals surface area (Å²) in [6.45, 7) is 5.05. The van der Waals surface area contributed by atoms with Gasteiger partial charge in [-0.05, 0) is 23.6 Å². The number of hydrogen-bond acceptors (Lipinski definition) is 4. The molecule has 1 spiro atoms. The minimum atomic E-state index is -1.96. The molecule has 1 saturated heterocycles. The van der Waals surface area contributed by atoms with Gasteiger partial charge in [-0.1, -0.05) is 32.4 Å². The molecule has 2 aliphatic rings. The normalized spacial score (nSPS) is 23.5. The van der Waals surface area contributed by atoms with Crippen molar-refractivity contribution in [1.29, 1.82) is 0 Å². The van der Waals surface area contributed by atoms with Crippen LogP contribution in [0.3, 0.4) is 0 Å². The van der Waals surface area contributed by atoms with Crippen LogP contribution in [0.25, 0.3) is 0 Å². The highest BCUT2D eigenvalue weighted by molar-refractivity contribution is 6.32. The summed E-state index contributed by atoms with van der Waals surface area (Å²) in [6.07, 6.45) is 0. The third kappa shape index (κ3) is 2.14. The molecular formula is C17H18ClN3O5. The molecule has 1 fully saturated rings. The zero-order valence-corrected chi connectivity index (χ0v) is 15.4. The van der Waals surface area contributed by atoms with Crippen LogP contribution in [0, 0.1) is 5.41 Å². The van der Waals surface area contributed by atoms with Crippen molar-refractivity contribution < 1.29 is 24.3 Å². The molecule has 1 aromatic carbocycles. The highest BCUT2D eigenvalue weighted by Crippen LogP contribution is 2.49. The van der Waals surface area contributed by atoms with Gasteiger partial charge in [-0.3, -0.25) is 19.8 Å². The number of benzene rings is 1. The van der Waals surface area contributed by atoms with Crippen molar-refractivity contribution in [2.75, 3.05) is 11.9 Å². The Morgan fingerprint density at radius 1 is 1.27 bits per heavy atom. The minimum Gasteiger partial charge on any atom is -0.480 e. The van der Waals surface area contributed by atoms with Gasteiger partial charge in [-0.25, -0.2) is 9.59 Å². The van der Waals surface area contributed by atoms with E-state index < -0.39 is 40.8 Å². The monoisotopic (exact) mass is 379 g/mol. The van der Waals surface area contributed by atoms with E-state index in [0.29, 0.717) is 0 Å². The number of halogens is 1. The van der Waals surface area contributed by atoms with Crippen LogP contribution in [-0.4, -0.2) is 46.9 Å². The van der Waals surface area contributed by atoms with E-state index in [1.54, 1.807) is 20.8 Å². The molecule has 9 heteroatoms. The number of rotatable bonds is 2. The molecule has 0 aliphatic carbocycles. The van der Waals surface area contributed by atoms with Gasteiger partial charge in [0, 0.05) is 17.6 Å². The number of nitrogens with one attached hydrogen (secondary N) is 1. The van der Waals surface area contributed by atoms with Crippen LogP contribution in [0.2, 0.25) is 5.02 Å². The van der Waals surface area contributed by atoms with E-state index in [0.717, 1.165) is 9.80 Å². The van der Waals surface area contributed by atoms with Gasteiger partial charge < -0.3 is 10.0 Å². The number of anilines is 1. The first-order valence-electron chi connectivity index (χ1n) is 7.89. The second-order valence-corrected chi connectivity index (χ2v) is 7.91. The summed E-state index contributed by atoms with van der Waals surface area (Å²) in [6, 6.07) is 2.45. The average molecular weight is 380 g/mol. The largest absolute Gasteiger partial charge is 0.480 e. The Morgan fingerprint density at radius 2 is 1.88 bits per heavy atom. The summed E-state index contributed by atoms with van der Waals surface area (Å²) >= 11 is 6.06. The van der Waals surface area contributed by atoms with E-state index in [4.69, 9.17) is 11.6 Å². The van der Waals surface area contributed by atoms with Gasteiger partial charge in [-0.2, -0.15) is 0 Å². The number of urea groups is 1. The van der Waals surface area contributed by atoms with Crippen LogP contribution < -0.4 is 10.2 Å². The summed E-state index contributed by atoms with van der Waals surface area (Å²) in [5.41, 5.74) is -2.35. The smallest absolute Gasteiger partial charge is 0.327 e. The molecule has 0 bridgehead atoms. The van der Waals surface area contributed by atoms with E-state index >= 15 is 0 Å². The molecule has 3 rings (SSSR count). The standard InChI is InChI=1S/C17H18ClN3O5/c1-16(2,3)11(12(22)23)21-10-6-5-8(18)7-9(10)17(14(21)25)13(24)19-15(26)20(17)4/h5-7,11H,1-4H3,(H,22,23)(H,19,24,26). The van der Waals surface area contributed by atoms with E-state index in [2.05, 4.69) is 5.32 Å². The fourth-order valence-corrected chi connectivity index (χ4v) is 3.82. The first-order chi connectivity index (χ1) is 11.9. The molecule has 1 aromatic rings. The first-order valence-corrected chi connectivity index (χ1v) is 8.27. The van der Waals surface area contributed by atoms with Crippen molar-refractivity contribution in [3.8, 4) is 0 Å². The number of aliphatic carboxylic acids is 1. The van der Waals surface area contributed by atoms with Crippen molar-refractivity contribution >= 4 is 41.1 Å². The summed E-state index contributed by atoms with van der Waals surface area (Å²) in [4.78, 5) is 52.2. The second-order valence-electron chi connectivity index (χ2n) is 7.47. The van der Waals surface area contributed by atoms with E-state index in [1.165, 1.54) is 25.2 Å². The maximum atomic E-state index is 13.4. The molecular weight excluding hydrogens is 362 g/mol. The topological polar surface area (TPSA) is 107 Å². The van der Waals surface area contributed by atoms with Crippen LogP contribution in [0.5, 0.6) is 0 Å². The lowest BCUT2D eigenvalue weighted by atomic mass is 9.85. The minimum absolute atomic E-state index is 0.191. The van der Waals surface area contributed by atoms with Gasteiger partial charge in [0.25, 0.3) is 11.8 Å². The molecule has 0 aromatic heterocycles. The number of carbonyl (C=O) groups is 4. The number of imide groups is 1. The predicted octanol–water partition coefficient (Wildman–Crippen LogP) is 1.56. The van der Waals surface area contributed by atoms with Crippen molar-refractivity contribution in [3.05, 3.63) is 28.8 Å². The highest BCUT2D eigenvalue weighted by Gasteiger charge is 2.66. The maximum absolute atomic E-state index is 13.4. The van der Waals surface area contributed by atoms with Crippen molar-refractivity contribution in [1.82, 2.24) is 10.2 Å². The molecule has 8 nitrogen and oxygen atoms in total. The van der Waals surface area contributed by atoms with E-state index in [1.807, 2.05) is 0 Å². The Kier molecular flexibility index (Phi) is 3.81. The number of nitrogens with zero attached hydrogens (tertiary/aromatic N) is 2. The van der Waals surface area contributed by atoms with Crippen LogP contribution in [0.1, 0.15) is 26.3 Å². The third-order valence-electron chi connectivity index (χ3n) is 4.81. The van der Waals surface area contributed by atoms with Gasteiger partial charge in [-0.15, -0.1) is 0 Å². The molecule has 2 heterocycles. The fourth-order valence-electron chi connectivity index (χ4n) is 3.65. The van der Waals surface area contributed by atoms with Crippen molar-refractivity contribution in [3.63, 3.8) is 0 Å². The van der Waals surface area contributed by atoms with E-state index in [9.17, 15) is 24.3 Å². The SMILES string of the molecule is CN1C(=O)NC(=O)C12C(=O)N(C(C(=O)O)C(C)(C)C)c1ccc(Cl)cc12. The molecule has 2 aliphatic heterocycles. The van der Waals surface area contributed by atoms with Crippen LogP contribution in [0.15, 0.2) is 18.2 Å². The summed E-state index contributed by atoms with van der Waals surface area (Å²) in [5.74, 6) is -2.82. The molecule has 2 N–H and O–H groups in total. The third-order valence-corrected chi connectivity index (χ3v) is 5.04. The summed E-state index contributed by atoms with van der Waals surface area (Å²) in [7, 11) is 1.32. The second kappa shape index (κ2) is 5.44. The molecule has 138 valence electrons. The molecule has 4 amide bonds. The predicted molar refractivity (Wildman–Crippen MR) is 92.8 cm³/mol. The zero-order chi connectivity index (χ0) is 19.6. The summed E-state index contributed by atoms with van der Waals surface area (Å²) < 4.78 is 0. The fraction of sp³-hybridized carbons (Fsp3) is 0.412. The number of amides is 4. The maximum Gasteiger partial charge on any atom is 0.327 e. The van der Waals surface area contributed by atoms with Gasteiger partial charge >= 0.3 is 12.0 Å². The molecule has 0 saturated carbocycles. The molecule has 26 heavy (non-hydrogen) atoms. The number of carboxylic acids is 1. The van der Waals surface area contributed by atoms with Crippen molar-refractivity contribution in [2.45, 2.75) is 32.4 Å². The number of carbonyl (C=O) groups excluding carboxylic acids is 3. The lowest BCUT2D eigenvalue weighted by Gasteiger charge is -2.36. The summed E-state index contributed by atoms with van der Waals surface area (Å²) in [5, 5.41) is 12.2. The zero-order valence-electron chi connectivity index (χ0n) is 14.7. The molecule has 2 atom stereocenters.